The Bertz CT molecular complexity index is 782. The molecule has 0 saturated carbocycles. The number of carbonyl (C=O) groups is 2. The first-order valence-corrected chi connectivity index (χ1v) is 10.1. The van der Waals surface area contributed by atoms with Gasteiger partial charge in [0.1, 0.15) is 6.61 Å². The fraction of sp³-hybridized carbons (Fsp3) is 0.391. The van der Waals surface area contributed by atoms with Crippen molar-refractivity contribution in [1.29, 1.82) is 0 Å². The Morgan fingerprint density at radius 3 is 2.38 bits per heavy atom. The summed E-state index contributed by atoms with van der Waals surface area (Å²) >= 11 is 0. The molecular formula is C23H29N3O3. The van der Waals surface area contributed by atoms with Gasteiger partial charge in [-0.05, 0) is 24.0 Å². The number of nitrogens with two attached hydrogens (primary N) is 1. The molecule has 1 aliphatic heterocycles. The van der Waals surface area contributed by atoms with E-state index in [0.717, 1.165) is 18.4 Å². The highest BCUT2D eigenvalue weighted by atomic mass is 16.5. The molecule has 0 radical (unpaired) electrons. The second kappa shape index (κ2) is 10.7. The van der Waals surface area contributed by atoms with Crippen LogP contribution < -0.4 is 11.1 Å². The minimum absolute atomic E-state index is 0.00397. The third kappa shape index (κ3) is 6.41. The van der Waals surface area contributed by atoms with E-state index in [1.165, 1.54) is 5.56 Å². The first-order chi connectivity index (χ1) is 14.2. The lowest BCUT2D eigenvalue weighted by Crippen LogP contribution is -2.48. The number of hydrogen-bond acceptors (Lipinski definition) is 5. The van der Waals surface area contributed by atoms with E-state index in [0.29, 0.717) is 19.6 Å². The topological polar surface area (TPSA) is 84.7 Å². The van der Waals surface area contributed by atoms with Gasteiger partial charge in [-0.1, -0.05) is 60.7 Å². The fourth-order valence-corrected chi connectivity index (χ4v) is 3.51. The number of nitrogens with zero attached hydrogens (tertiary/aromatic N) is 1. The molecule has 1 aliphatic rings. The lowest BCUT2D eigenvalue weighted by atomic mass is 10.1. The summed E-state index contributed by atoms with van der Waals surface area (Å²) in [7, 11) is 0. The summed E-state index contributed by atoms with van der Waals surface area (Å²) in [5.41, 5.74) is 7.96. The molecule has 2 unspecified atom stereocenters. The van der Waals surface area contributed by atoms with Crippen LogP contribution in [0.5, 0.6) is 0 Å². The molecule has 0 aliphatic carbocycles. The van der Waals surface area contributed by atoms with Gasteiger partial charge in [0.05, 0.1) is 12.5 Å². The lowest BCUT2D eigenvalue weighted by molar-refractivity contribution is -0.148. The Morgan fingerprint density at radius 2 is 1.72 bits per heavy atom. The Labute approximate surface area is 172 Å². The molecule has 6 heteroatoms. The van der Waals surface area contributed by atoms with Crippen LogP contribution in [0.4, 0.5) is 0 Å². The Balaban J connectivity index is 1.58. The summed E-state index contributed by atoms with van der Waals surface area (Å²) in [5.74, 6) is -0.450. The van der Waals surface area contributed by atoms with Crippen LogP contribution in [0, 0.1) is 0 Å². The predicted octanol–water partition coefficient (Wildman–Crippen LogP) is 1.88. The van der Waals surface area contributed by atoms with Crippen LogP contribution in [-0.2, 0) is 27.4 Å². The molecule has 0 bridgehead atoms. The maximum atomic E-state index is 13.1. The van der Waals surface area contributed by atoms with Crippen molar-refractivity contribution in [2.24, 2.45) is 5.73 Å². The molecule has 1 heterocycles. The SMILES string of the molecule is NCC1CCN(CCc2ccccc2)C(=O)C(CC(=O)OCc2ccccc2)N1. The summed E-state index contributed by atoms with van der Waals surface area (Å²) in [4.78, 5) is 27.3. The molecule has 0 spiro atoms. The highest BCUT2D eigenvalue weighted by Gasteiger charge is 2.32. The average molecular weight is 396 g/mol. The van der Waals surface area contributed by atoms with Crippen molar-refractivity contribution >= 4 is 11.9 Å². The van der Waals surface area contributed by atoms with Crippen LogP contribution in [0.1, 0.15) is 24.0 Å². The van der Waals surface area contributed by atoms with Gasteiger partial charge in [0.25, 0.3) is 0 Å². The van der Waals surface area contributed by atoms with E-state index in [2.05, 4.69) is 17.4 Å². The standard InChI is InChI=1S/C23H29N3O3/c24-16-20-12-14-26(13-11-18-7-3-1-4-8-18)23(28)21(25-20)15-22(27)29-17-19-9-5-2-6-10-19/h1-10,20-21,25H,11-17,24H2. The molecule has 2 aromatic rings. The summed E-state index contributed by atoms with van der Waals surface area (Å²) in [6.45, 7) is 1.89. The molecule has 154 valence electrons. The molecule has 1 amide bonds. The van der Waals surface area contributed by atoms with Gasteiger partial charge in [-0.3, -0.25) is 9.59 Å². The number of esters is 1. The smallest absolute Gasteiger partial charge is 0.308 e. The van der Waals surface area contributed by atoms with Gasteiger partial charge in [-0.15, -0.1) is 0 Å². The van der Waals surface area contributed by atoms with Gasteiger partial charge >= 0.3 is 5.97 Å². The van der Waals surface area contributed by atoms with Gasteiger partial charge in [-0.2, -0.15) is 0 Å². The number of ether oxygens (including phenoxy) is 1. The molecule has 2 aromatic carbocycles. The van der Waals surface area contributed by atoms with Crippen molar-refractivity contribution in [2.45, 2.75) is 38.0 Å². The lowest BCUT2D eigenvalue weighted by Gasteiger charge is -2.24. The predicted molar refractivity (Wildman–Crippen MR) is 112 cm³/mol. The third-order valence-electron chi connectivity index (χ3n) is 5.21. The zero-order chi connectivity index (χ0) is 20.5. The first-order valence-electron chi connectivity index (χ1n) is 10.1. The molecule has 29 heavy (non-hydrogen) atoms. The van der Waals surface area contributed by atoms with E-state index < -0.39 is 6.04 Å². The van der Waals surface area contributed by atoms with Crippen LogP contribution in [0.2, 0.25) is 0 Å². The minimum Gasteiger partial charge on any atom is -0.461 e. The van der Waals surface area contributed by atoms with E-state index in [1.807, 2.05) is 53.4 Å². The van der Waals surface area contributed by atoms with Crippen molar-refractivity contribution in [3.8, 4) is 0 Å². The van der Waals surface area contributed by atoms with Crippen molar-refractivity contribution in [2.75, 3.05) is 19.6 Å². The van der Waals surface area contributed by atoms with E-state index in [9.17, 15) is 9.59 Å². The Kier molecular flexibility index (Phi) is 7.78. The van der Waals surface area contributed by atoms with Gasteiger partial charge in [0.2, 0.25) is 5.91 Å². The van der Waals surface area contributed by atoms with Gasteiger partial charge in [0.15, 0.2) is 0 Å². The van der Waals surface area contributed by atoms with E-state index >= 15 is 0 Å². The monoisotopic (exact) mass is 395 g/mol. The molecule has 3 N–H and O–H groups in total. The summed E-state index contributed by atoms with van der Waals surface area (Å²) in [5, 5.41) is 3.26. The van der Waals surface area contributed by atoms with Crippen molar-refractivity contribution < 1.29 is 14.3 Å². The minimum atomic E-state index is -0.606. The first kappa shape index (κ1) is 21.0. The molecule has 1 fully saturated rings. The summed E-state index contributed by atoms with van der Waals surface area (Å²) < 4.78 is 5.37. The summed E-state index contributed by atoms with van der Waals surface area (Å²) in [6, 6.07) is 19.0. The van der Waals surface area contributed by atoms with Crippen LogP contribution in [0.25, 0.3) is 0 Å². The molecule has 3 rings (SSSR count). The van der Waals surface area contributed by atoms with Crippen molar-refractivity contribution in [3.05, 3.63) is 71.8 Å². The zero-order valence-corrected chi connectivity index (χ0v) is 16.6. The van der Waals surface area contributed by atoms with E-state index in [1.54, 1.807) is 0 Å². The second-order valence-electron chi connectivity index (χ2n) is 7.35. The van der Waals surface area contributed by atoms with Crippen LogP contribution in [0.3, 0.4) is 0 Å². The van der Waals surface area contributed by atoms with E-state index in [-0.39, 0.29) is 30.9 Å². The highest BCUT2D eigenvalue weighted by molar-refractivity contribution is 5.87. The molecular weight excluding hydrogens is 366 g/mol. The van der Waals surface area contributed by atoms with Gasteiger partial charge < -0.3 is 20.7 Å². The normalized spacial score (nSPS) is 19.6. The summed E-state index contributed by atoms with van der Waals surface area (Å²) in [6.07, 6.45) is 1.56. The Morgan fingerprint density at radius 1 is 1.07 bits per heavy atom. The number of rotatable bonds is 8. The molecule has 6 nitrogen and oxygen atoms in total. The van der Waals surface area contributed by atoms with Gasteiger partial charge in [-0.25, -0.2) is 0 Å². The highest BCUT2D eigenvalue weighted by Crippen LogP contribution is 2.13. The largest absolute Gasteiger partial charge is 0.461 e. The van der Waals surface area contributed by atoms with Gasteiger partial charge in [0, 0.05) is 25.7 Å². The Hall–Kier alpha value is -2.70. The van der Waals surface area contributed by atoms with Crippen LogP contribution in [0.15, 0.2) is 60.7 Å². The number of amides is 1. The number of benzene rings is 2. The quantitative estimate of drug-likeness (QED) is 0.667. The number of nitrogens with one attached hydrogen (secondary N) is 1. The average Bonchev–Trinajstić information content (AvgIpc) is 2.91. The fourth-order valence-electron chi connectivity index (χ4n) is 3.51. The van der Waals surface area contributed by atoms with Crippen LogP contribution >= 0.6 is 0 Å². The zero-order valence-electron chi connectivity index (χ0n) is 16.6. The molecule has 0 aromatic heterocycles. The number of hydrogen-bond donors (Lipinski definition) is 2. The maximum Gasteiger partial charge on any atom is 0.308 e. The second-order valence-corrected chi connectivity index (χ2v) is 7.35. The third-order valence-corrected chi connectivity index (χ3v) is 5.21. The van der Waals surface area contributed by atoms with Crippen molar-refractivity contribution in [1.82, 2.24) is 10.2 Å². The molecule has 1 saturated heterocycles. The van der Waals surface area contributed by atoms with Crippen molar-refractivity contribution in [3.63, 3.8) is 0 Å². The number of carbonyl (C=O) groups excluding carboxylic acids is 2. The maximum absolute atomic E-state index is 13.1. The van der Waals surface area contributed by atoms with Crippen LogP contribution in [-0.4, -0.2) is 48.5 Å². The van der Waals surface area contributed by atoms with E-state index in [4.69, 9.17) is 10.5 Å². The molecule has 2 atom stereocenters.